The van der Waals surface area contributed by atoms with Gasteiger partial charge in [-0.25, -0.2) is 8.42 Å². The second-order valence-electron chi connectivity index (χ2n) is 5.37. The van der Waals surface area contributed by atoms with Crippen LogP contribution in [-0.2, 0) is 14.8 Å². The molecule has 0 saturated carbocycles. The largest absolute Gasteiger partial charge is 0.369 e. The van der Waals surface area contributed by atoms with E-state index < -0.39 is 15.9 Å². The van der Waals surface area contributed by atoms with Crippen LogP contribution in [0.3, 0.4) is 0 Å². The number of anilines is 1. The molecule has 0 fully saturated rings. The summed E-state index contributed by atoms with van der Waals surface area (Å²) in [6, 6.07) is 19.4. The van der Waals surface area contributed by atoms with Crippen molar-refractivity contribution >= 4 is 44.2 Å². The van der Waals surface area contributed by atoms with Crippen LogP contribution < -0.4 is 10.5 Å². The Morgan fingerprint density at radius 3 is 2.40 bits per heavy atom. The minimum atomic E-state index is -3.75. The summed E-state index contributed by atoms with van der Waals surface area (Å²) in [7, 11) is -3.75. The van der Waals surface area contributed by atoms with Gasteiger partial charge in [0.25, 0.3) is 10.0 Å². The summed E-state index contributed by atoms with van der Waals surface area (Å²) >= 11 is 1.19. The molecule has 7 heteroatoms. The van der Waals surface area contributed by atoms with Crippen LogP contribution in [-0.4, -0.2) is 20.1 Å². The van der Waals surface area contributed by atoms with Crippen molar-refractivity contribution in [3.63, 3.8) is 0 Å². The highest BCUT2D eigenvalue weighted by Gasteiger charge is 2.16. The van der Waals surface area contributed by atoms with Crippen LogP contribution in [0.25, 0.3) is 10.8 Å². The van der Waals surface area contributed by atoms with Gasteiger partial charge in [0, 0.05) is 4.90 Å². The monoisotopic (exact) mass is 372 g/mol. The molecule has 25 heavy (non-hydrogen) atoms. The van der Waals surface area contributed by atoms with Crippen molar-refractivity contribution in [2.45, 2.75) is 9.79 Å². The Hall–Kier alpha value is -2.51. The van der Waals surface area contributed by atoms with Crippen LogP contribution in [0.1, 0.15) is 0 Å². The summed E-state index contributed by atoms with van der Waals surface area (Å²) in [5.41, 5.74) is 5.58. The molecule has 0 bridgehead atoms. The Kier molecular flexibility index (Phi) is 4.96. The molecule has 128 valence electrons. The summed E-state index contributed by atoms with van der Waals surface area (Å²) in [6.45, 7) is 0. The third-order valence-corrected chi connectivity index (χ3v) is 5.99. The summed E-state index contributed by atoms with van der Waals surface area (Å²) in [6.07, 6.45) is 0. The first-order valence-electron chi connectivity index (χ1n) is 7.47. The van der Waals surface area contributed by atoms with Crippen molar-refractivity contribution in [3.8, 4) is 0 Å². The molecule has 3 aromatic rings. The van der Waals surface area contributed by atoms with Crippen molar-refractivity contribution in [1.82, 2.24) is 0 Å². The van der Waals surface area contributed by atoms with Crippen LogP contribution in [0.15, 0.2) is 76.5 Å². The fourth-order valence-electron chi connectivity index (χ4n) is 2.36. The predicted molar refractivity (Wildman–Crippen MR) is 101 cm³/mol. The number of amides is 1. The van der Waals surface area contributed by atoms with Gasteiger partial charge in [-0.2, -0.15) is 0 Å². The van der Waals surface area contributed by atoms with Gasteiger partial charge < -0.3 is 5.73 Å². The zero-order valence-electron chi connectivity index (χ0n) is 13.2. The van der Waals surface area contributed by atoms with E-state index in [1.165, 1.54) is 11.8 Å². The van der Waals surface area contributed by atoms with E-state index in [-0.39, 0.29) is 10.6 Å². The maximum Gasteiger partial charge on any atom is 0.261 e. The Labute approximate surface area is 150 Å². The molecule has 0 aliphatic carbocycles. The van der Waals surface area contributed by atoms with Crippen molar-refractivity contribution < 1.29 is 13.2 Å². The van der Waals surface area contributed by atoms with E-state index in [0.29, 0.717) is 10.6 Å². The number of sulfonamides is 1. The molecular weight excluding hydrogens is 356 g/mol. The van der Waals surface area contributed by atoms with Gasteiger partial charge in [0.15, 0.2) is 0 Å². The molecule has 0 saturated heterocycles. The smallest absolute Gasteiger partial charge is 0.261 e. The molecule has 3 rings (SSSR count). The lowest BCUT2D eigenvalue weighted by Crippen LogP contribution is -2.15. The highest BCUT2D eigenvalue weighted by Crippen LogP contribution is 2.29. The minimum absolute atomic E-state index is 0.0781. The number of nitrogens with one attached hydrogen (secondary N) is 1. The molecule has 0 unspecified atom stereocenters. The van der Waals surface area contributed by atoms with Gasteiger partial charge in [0.1, 0.15) is 0 Å². The number of nitrogens with two attached hydrogens (primary N) is 1. The maximum absolute atomic E-state index is 12.7. The van der Waals surface area contributed by atoms with Crippen LogP contribution in [0.4, 0.5) is 5.69 Å². The highest BCUT2D eigenvalue weighted by molar-refractivity contribution is 8.00. The molecule has 0 aliphatic heterocycles. The minimum Gasteiger partial charge on any atom is -0.369 e. The van der Waals surface area contributed by atoms with Crippen molar-refractivity contribution in [2.75, 3.05) is 10.5 Å². The van der Waals surface area contributed by atoms with E-state index in [0.717, 1.165) is 10.8 Å². The number of primary amides is 1. The molecule has 0 aliphatic rings. The first kappa shape index (κ1) is 17.3. The molecule has 0 spiro atoms. The number of hydrogen-bond donors (Lipinski definition) is 2. The fourth-order valence-corrected chi connectivity index (χ4v) is 4.29. The average molecular weight is 372 g/mol. The standard InChI is InChI=1S/C18H16N2O3S2/c19-18(21)12-24-17-8-4-3-7-16(17)20-25(22,23)15-10-9-13-5-1-2-6-14(13)11-15/h1-11,20H,12H2,(H2,19,21). The Morgan fingerprint density at radius 1 is 0.960 bits per heavy atom. The van der Waals surface area contributed by atoms with Gasteiger partial charge in [-0.05, 0) is 35.0 Å². The molecule has 0 atom stereocenters. The van der Waals surface area contributed by atoms with E-state index in [2.05, 4.69) is 4.72 Å². The van der Waals surface area contributed by atoms with Gasteiger partial charge in [-0.1, -0.05) is 42.5 Å². The number of rotatable bonds is 6. The topological polar surface area (TPSA) is 89.3 Å². The number of hydrogen-bond acceptors (Lipinski definition) is 4. The summed E-state index contributed by atoms with van der Waals surface area (Å²) in [5, 5.41) is 1.82. The van der Waals surface area contributed by atoms with Gasteiger partial charge in [-0.15, -0.1) is 11.8 Å². The molecule has 0 heterocycles. The van der Waals surface area contributed by atoms with E-state index in [4.69, 9.17) is 5.73 Å². The third kappa shape index (κ3) is 4.12. The number of fused-ring (bicyclic) bond motifs is 1. The second kappa shape index (κ2) is 7.16. The molecule has 0 radical (unpaired) electrons. The molecule has 3 N–H and O–H groups in total. The van der Waals surface area contributed by atoms with E-state index in [9.17, 15) is 13.2 Å². The second-order valence-corrected chi connectivity index (χ2v) is 8.07. The molecule has 3 aromatic carbocycles. The van der Waals surface area contributed by atoms with Crippen molar-refractivity contribution in [1.29, 1.82) is 0 Å². The summed E-state index contributed by atoms with van der Waals surface area (Å²) in [5.74, 6) is -0.383. The lowest BCUT2D eigenvalue weighted by atomic mass is 10.1. The lowest BCUT2D eigenvalue weighted by Gasteiger charge is -2.12. The SMILES string of the molecule is NC(=O)CSc1ccccc1NS(=O)(=O)c1ccc2ccccc2c1. The summed E-state index contributed by atoms with van der Waals surface area (Å²) < 4.78 is 28.0. The van der Waals surface area contributed by atoms with Crippen LogP contribution in [0, 0.1) is 0 Å². The van der Waals surface area contributed by atoms with Crippen LogP contribution in [0.5, 0.6) is 0 Å². The van der Waals surface area contributed by atoms with Crippen LogP contribution >= 0.6 is 11.8 Å². The Balaban J connectivity index is 1.91. The molecule has 5 nitrogen and oxygen atoms in total. The van der Waals surface area contributed by atoms with Crippen LogP contribution in [0.2, 0.25) is 0 Å². The third-order valence-electron chi connectivity index (χ3n) is 3.53. The zero-order chi connectivity index (χ0) is 17.9. The van der Waals surface area contributed by atoms with E-state index in [1.54, 1.807) is 42.5 Å². The normalized spacial score (nSPS) is 11.4. The van der Waals surface area contributed by atoms with Gasteiger partial charge in [0.2, 0.25) is 5.91 Å². The summed E-state index contributed by atoms with van der Waals surface area (Å²) in [4.78, 5) is 11.8. The highest BCUT2D eigenvalue weighted by atomic mass is 32.2. The van der Waals surface area contributed by atoms with Crippen molar-refractivity contribution in [2.24, 2.45) is 5.73 Å². The number of carbonyl (C=O) groups excluding carboxylic acids is 1. The molecule has 0 aromatic heterocycles. The fraction of sp³-hybridized carbons (Fsp3) is 0.0556. The van der Waals surface area contributed by atoms with Crippen molar-refractivity contribution in [3.05, 3.63) is 66.7 Å². The quantitative estimate of drug-likeness (QED) is 0.650. The first-order chi connectivity index (χ1) is 12.0. The predicted octanol–water partition coefficient (Wildman–Crippen LogP) is 3.22. The maximum atomic E-state index is 12.7. The lowest BCUT2D eigenvalue weighted by molar-refractivity contribution is -0.115. The Morgan fingerprint density at radius 2 is 1.64 bits per heavy atom. The van der Waals surface area contributed by atoms with Gasteiger partial charge in [-0.3, -0.25) is 9.52 Å². The number of para-hydroxylation sites is 1. The molecular formula is C18H16N2O3S2. The average Bonchev–Trinajstić information content (AvgIpc) is 2.60. The van der Waals surface area contributed by atoms with E-state index >= 15 is 0 Å². The van der Waals surface area contributed by atoms with Gasteiger partial charge in [0.05, 0.1) is 16.3 Å². The molecule has 1 amide bonds. The number of benzene rings is 3. The van der Waals surface area contributed by atoms with E-state index in [1.807, 2.05) is 24.3 Å². The number of carbonyl (C=O) groups is 1. The Bertz CT molecular complexity index is 1030. The zero-order valence-corrected chi connectivity index (χ0v) is 14.8. The first-order valence-corrected chi connectivity index (χ1v) is 9.94. The number of thioether (sulfide) groups is 1. The van der Waals surface area contributed by atoms with Gasteiger partial charge >= 0.3 is 0 Å².